The van der Waals surface area contributed by atoms with Gasteiger partial charge in [-0.05, 0) is 117 Å². The fourth-order valence-corrected chi connectivity index (χ4v) is 9.70. The summed E-state index contributed by atoms with van der Waals surface area (Å²) in [5.41, 5.74) is 3.78. The molecule has 7 atom stereocenters. The predicted molar refractivity (Wildman–Crippen MR) is 154 cm³/mol. The van der Waals surface area contributed by atoms with E-state index in [4.69, 9.17) is 0 Å². The van der Waals surface area contributed by atoms with Crippen LogP contribution >= 0.6 is 0 Å². The van der Waals surface area contributed by atoms with Gasteiger partial charge in [0.05, 0.1) is 6.54 Å². The van der Waals surface area contributed by atoms with E-state index in [0.29, 0.717) is 23.8 Å². The topological polar surface area (TPSA) is 72.8 Å². The Morgan fingerprint density at radius 3 is 2.34 bits per heavy atom. The molecule has 1 amide bonds. The zero-order valence-electron chi connectivity index (χ0n) is 25.0. The number of carbonyl (C=O) groups excluding carboxylic acids is 1. The SMILES string of the molecule is Cc1c(O)c(O)cc2c1C=CC1C2(C)CCC2(C)C3CC(C)(CNC(=O)CN(C)C)CCC3(C)CCC12C. The second-order valence-electron chi connectivity index (χ2n) is 15.2. The van der Waals surface area contributed by atoms with E-state index in [0.717, 1.165) is 36.9 Å². The Kier molecular flexibility index (Phi) is 6.34. The lowest BCUT2D eigenvalue weighted by Crippen LogP contribution is -2.65. The van der Waals surface area contributed by atoms with Gasteiger partial charge in [0, 0.05) is 17.5 Å². The number of allylic oxidation sites excluding steroid dienone is 1. The number of benzene rings is 1. The van der Waals surface area contributed by atoms with E-state index in [2.05, 4.69) is 52.1 Å². The Morgan fingerprint density at radius 2 is 1.66 bits per heavy atom. The molecular formula is C33H50N2O3. The highest BCUT2D eigenvalue weighted by molar-refractivity contribution is 5.78. The first kappa shape index (κ1) is 27.6. The van der Waals surface area contributed by atoms with E-state index < -0.39 is 0 Å². The number of likely N-dealkylation sites (N-methyl/N-ethyl adjacent to an activating group) is 1. The minimum Gasteiger partial charge on any atom is -0.504 e. The monoisotopic (exact) mass is 522 g/mol. The van der Waals surface area contributed by atoms with Crippen molar-refractivity contribution in [3.63, 3.8) is 0 Å². The van der Waals surface area contributed by atoms with Crippen LogP contribution in [0.2, 0.25) is 0 Å². The standard InChI is InChI=1S/C33H50N2O3/c1-21-22-9-10-25-31(4,23(22)17-24(36)28(21)38)14-16-33(6)26-18-29(2,20-34-27(37)19-35(7)8)11-12-30(26,3)13-15-32(25,33)5/h9-10,17,25-26,36,38H,11-16,18-20H2,1-8H3,(H,34,37). The van der Waals surface area contributed by atoms with Crippen molar-refractivity contribution in [1.82, 2.24) is 10.2 Å². The number of rotatable bonds is 4. The molecule has 38 heavy (non-hydrogen) atoms. The maximum Gasteiger partial charge on any atom is 0.234 e. The molecule has 5 rings (SSSR count). The summed E-state index contributed by atoms with van der Waals surface area (Å²) in [6.07, 6.45) is 13.0. The molecule has 4 aliphatic rings. The smallest absolute Gasteiger partial charge is 0.234 e. The number of amides is 1. The number of phenols is 2. The van der Waals surface area contributed by atoms with E-state index in [1.54, 1.807) is 0 Å². The fourth-order valence-electron chi connectivity index (χ4n) is 9.70. The fraction of sp³-hybridized carbons (Fsp3) is 0.727. The molecule has 3 saturated carbocycles. The van der Waals surface area contributed by atoms with Crippen molar-refractivity contribution < 1.29 is 15.0 Å². The third-order valence-electron chi connectivity index (χ3n) is 12.5. The molecular weight excluding hydrogens is 472 g/mol. The van der Waals surface area contributed by atoms with Gasteiger partial charge in [0.1, 0.15) is 0 Å². The largest absolute Gasteiger partial charge is 0.504 e. The molecule has 0 spiro atoms. The van der Waals surface area contributed by atoms with Crippen molar-refractivity contribution in [1.29, 1.82) is 0 Å². The molecule has 210 valence electrons. The molecule has 0 aliphatic heterocycles. The first-order valence-corrected chi connectivity index (χ1v) is 14.7. The Hall–Kier alpha value is -2.01. The quantitative estimate of drug-likeness (QED) is 0.400. The molecule has 3 fully saturated rings. The van der Waals surface area contributed by atoms with Gasteiger partial charge in [0.2, 0.25) is 5.91 Å². The van der Waals surface area contributed by atoms with Gasteiger partial charge in [0.25, 0.3) is 0 Å². The van der Waals surface area contributed by atoms with E-state index in [1.807, 2.05) is 32.0 Å². The lowest BCUT2D eigenvalue weighted by Gasteiger charge is -2.71. The van der Waals surface area contributed by atoms with Crippen LogP contribution in [0.5, 0.6) is 11.5 Å². The molecule has 0 heterocycles. The van der Waals surface area contributed by atoms with Crippen LogP contribution in [-0.4, -0.2) is 48.2 Å². The van der Waals surface area contributed by atoms with Gasteiger partial charge in [-0.15, -0.1) is 0 Å². The Bertz CT molecular complexity index is 1180. The van der Waals surface area contributed by atoms with Gasteiger partial charge in [-0.3, -0.25) is 4.79 Å². The van der Waals surface area contributed by atoms with Gasteiger partial charge >= 0.3 is 0 Å². The van der Waals surface area contributed by atoms with E-state index in [1.165, 1.54) is 31.2 Å². The van der Waals surface area contributed by atoms with Crippen molar-refractivity contribution in [3.8, 4) is 11.5 Å². The van der Waals surface area contributed by atoms with Crippen LogP contribution in [0.25, 0.3) is 6.08 Å². The number of nitrogens with zero attached hydrogens (tertiary/aromatic N) is 1. The Balaban J connectivity index is 1.48. The van der Waals surface area contributed by atoms with Gasteiger partial charge in [0.15, 0.2) is 11.5 Å². The average Bonchev–Trinajstić information content (AvgIpc) is 2.84. The van der Waals surface area contributed by atoms with Gasteiger partial charge in [-0.1, -0.05) is 46.8 Å². The van der Waals surface area contributed by atoms with Crippen molar-refractivity contribution in [2.24, 2.45) is 33.5 Å². The number of nitrogens with one attached hydrogen (secondary N) is 1. The van der Waals surface area contributed by atoms with Gasteiger partial charge < -0.3 is 20.4 Å². The van der Waals surface area contributed by atoms with E-state index in [-0.39, 0.29) is 39.1 Å². The molecule has 5 heteroatoms. The van der Waals surface area contributed by atoms with Crippen LogP contribution in [-0.2, 0) is 10.2 Å². The highest BCUT2D eigenvalue weighted by atomic mass is 16.3. The molecule has 7 unspecified atom stereocenters. The second-order valence-corrected chi connectivity index (χ2v) is 15.2. The summed E-state index contributed by atoms with van der Waals surface area (Å²) in [5.74, 6) is 1.11. The molecule has 0 aromatic heterocycles. The van der Waals surface area contributed by atoms with Crippen molar-refractivity contribution in [2.75, 3.05) is 27.2 Å². The second kappa shape index (κ2) is 8.74. The summed E-state index contributed by atoms with van der Waals surface area (Å²) in [6, 6.07) is 1.85. The van der Waals surface area contributed by atoms with Crippen LogP contribution in [0.15, 0.2) is 12.1 Å². The van der Waals surface area contributed by atoms with Gasteiger partial charge in [-0.2, -0.15) is 0 Å². The molecule has 1 aromatic carbocycles. The first-order valence-electron chi connectivity index (χ1n) is 14.7. The Labute approximate surface area is 230 Å². The molecule has 3 N–H and O–H groups in total. The number of carbonyl (C=O) groups is 1. The molecule has 4 aliphatic carbocycles. The predicted octanol–water partition coefficient (Wildman–Crippen LogP) is 6.40. The summed E-state index contributed by atoms with van der Waals surface area (Å²) < 4.78 is 0. The third-order valence-corrected chi connectivity index (χ3v) is 12.5. The van der Waals surface area contributed by atoms with E-state index >= 15 is 0 Å². The highest BCUT2D eigenvalue weighted by Crippen LogP contribution is 2.75. The maximum absolute atomic E-state index is 12.5. The number of aromatic hydroxyl groups is 2. The summed E-state index contributed by atoms with van der Waals surface area (Å²) in [6.45, 7) is 15.6. The zero-order valence-corrected chi connectivity index (χ0v) is 25.0. The normalized spacial score (nSPS) is 41.6. The molecule has 5 nitrogen and oxygen atoms in total. The Morgan fingerprint density at radius 1 is 1.00 bits per heavy atom. The van der Waals surface area contributed by atoms with Crippen LogP contribution in [0.1, 0.15) is 96.3 Å². The summed E-state index contributed by atoms with van der Waals surface area (Å²) in [5, 5.41) is 24.3. The first-order chi connectivity index (χ1) is 17.6. The van der Waals surface area contributed by atoms with Crippen molar-refractivity contribution in [3.05, 3.63) is 28.8 Å². The number of hydrogen-bond donors (Lipinski definition) is 3. The van der Waals surface area contributed by atoms with Crippen molar-refractivity contribution in [2.45, 2.75) is 91.9 Å². The lowest BCUT2D eigenvalue weighted by molar-refractivity contribution is -0.199. The maximum atomic E-state index is 12.5. The van der Waals surface area contributed by atoms with Gasteiger partial charge in [-0.25, -0.2) is 0 Å². The number of hydrogen-bond acceptors (Lipinski definition) is 4. The highest BCUT2D eigenvalue weighted by Gasteiger charge is 2.67. The molecule has 0 bridgehead atoms. The minimum absolute atomic E-state index is 0.00518. The minimum atomic E-state index is -0.0693. The summed E-state index contributed by atoms with van der Waals surface area (Å²) in [4.78, 5) is 14.4. The van der Waals surface area contributed by atoms with Crippen LogP contribution in [0.4, 0.5) is 0 Å². The van der Waals surface area contributed by atoms with Crippen molar-refractivity contribution >= 4 is 12.0 Å². The summed E-state index contributed by atoms with van der Waals surface area (Å²) in [7, 11) is 3.88. The van der Waals surface area contributed by atoms with Crippen LogP contribution in [0, 0.1) is 40.4 Å². The average molecular weight is 523 g/mol. The molecule has 0 saturated heterocycles. The van der Waals surface area contributed by atoms with Crippen LogP contribution < -0.4 is 5.32 Å². The lowest BCUT2D eigenvalue weighted by atomic mass is 9.33. The number of fused-ring (bicyclic) bond motifs is 7. The molecule has 0 radical (unpaired) electrons. The number of phenolic OH excluding ortho intramolecular Hbond substituents is 2. The van der Waals surface area contributed by atoms with E-state index in [9.17, 15) is 15.0 Å². The third kappa shape index (κ3) is 3.85. The summed E-state index contributed by atoms with van der Waals surface area (Å²) >= 11 is 0. The zero-order chi connectivity index (χ0) is 27.9. The van der Waals surface area contributed by atoms with Crippen LogP contribution in [0.3, 0.4) is 0 Å². The molecule has 1 aromatic rings.